The van der Waals surface area contributed by atoms with Gasteiger partial charge in [-0.2, -0.15) is 0 Å². The fraction of sp³-hybridized carbons (Fsp3) is 0.176. The first-order chi connectivity index (χ1) is 11.3. The maximum Gasteiger partial charge on any atom is 0.323 e. The Balaban J connectivity index is 2.08. The van der Waals surface area contributed by atoms with Crippen molar-refractivity contribution in [3.63, 3.8) is 0 Å². The van der Waals surface area contributed by atoms with Crippen LogP contribution in [0.4, 0.5) is 10.5 Å². The van der Waals surface area contributed by atoms with Gasteiger partial charge in [-0.15, -0.1) is 0 Å². The first-order valence-corrected chi connectivity index (χ1v) is 7.11. The van der Waals surface area contributed by atoms with Gasteiger partial charge in [0.25, 0.3) is 5.91 Å². The Morgan fingerprint density at radius 1 is 1.08 bits per heavy atom. The molecule has 126 valence electrons. The summed E-state index contributed by atoms with van der Waals surface area (Å²) < 4.78 is 5.01. The predicted molar refractivity (Wildman–Crippen MR) is 87.7 cm³/mol. The number of benzene rings is 2. The molecule has 0 aliphatic rings. The molecule has 0 saturated carbocycles. The van der Waals surface area contributed by atoms with E-state index >= 15 is 0 Å². The SMILES string of the molecule is COc1ccc(NC(=O)NC(O)(O)c2cccc(C(C)=O)c2)cc1. The van der Waals surface area contributed by atoms with E-state index in [4.69, 9.17) is 4.74 Å². The van der Waals surface area contributed by atoms with Crippen LogP contribution in [-0.4, -0.2) is 29.1 Å². The van der Waals surface area contributed by atoms with E-state index in [9.17, 15) is 19.8 Å². The molecule has 7 heteroatoms. The molecule has 0 saturated heterocycles. The normalized spacial score (nSPS) is 10.8. The second-order valence-corrected chi connectivity index (χ2v) is 5.12. The molecular formula is C17H18N2O5. The topological polar surface area (TPSA) is 108 Å². The van der Waals surface area contributed by atoms with Gasteiger partial charge >= 0.3 is 6.03 Å². The highest BCUT2D eigenvalue weighted by Crippen LogP contribution is 2.18. The number of carbonyl (C=O) groups excluding carboxylic acids is 2. The van der Waals surface area contributed by atoms with Gasteiger partial charge in [-0.25, -0.2) is 4.79 Å². The summed E-state index contributed by atoms with van der Waals surface area (Å²) in [7, 11) is 1.52. The number of hydrogen-bond acceptors (Lipinski definition) is 5. The second kappa shape index (κ2) is 7.12. The highest BCUT2D eigenvalue weighted by Gasteiger charge is 2.28. The van der Waals surface area contributed by atoms with E-state index < -0.39 is 11.9 Å². The zero-order valence-corrected chi connectivity index (χ0v) is 13.2. The van der Waals surface area contributed by atoms with E-state index in [0.29, 0.717) is 17.0 Å². The maximum atomic E-state index is 11.9. The Morgan fingerprint density at radius 2 is 1.75 bits per heavy atom. The Hall–Kier alpha value is -2.90. The number of nitrogens with one attached hydrogen (secondary N) is 2. The summed E-state index contributed by atoms with van der Waals surface area (Å²) in [6.07, 6.45) is 0. The summed E-state index contributed by atoms with van der Waals surface area (Å²) in [5.41, 5.74) is 0.721. The number of hydrogen-bond donors (Lipinski definition) is 4. The molecule has 0 bridgehead atoms. The molecule has 0 heterocycles. The third-order valence-electron chi connectivity index (χ3n) is 3.31. The van der Waals surface area contributed by atoms with Crippen molar-refractivity contribution >= 4 is 17.5 Å². The molecule has 2 aromatic rings. The zero-order valence-electron chi connectivity index (χ0n) is 13.2. The molecule has 0 aliphatic heterocycles. The van der Waals surface area contributed by atoms with Crippen LogP contribution in [0.1, 0.15) is 22.8 Å². The van der Waals surface area contributed by atoms with Crippen LogP contribution in [-0.2, 0) is 5.91 Å². The average molecular weight is 330 g/mol. The van der Waals surface area contributed by atoms with Gasteiger partial charge in [-0.05, 0) is 37.3 Å². The van der Waals surface area contributed by atoms with Crippen LogP contribution in [0.5, 0.6) is 5.75 Å². The second-order valence-electron chi connectivity index (χ2n) is 5.12. The Labute approximate surface area is 138 Å². The van der Waals surface area contributed by atoms with E-state index in [-0.39, 0.29) is 11.3 Å². The van der Waals surface area contributed by atoms with Crippen molar-refractivity contribution in [2.45, 2.75) is 12.8 Å². The van der Waals surface area contributed by atoms with E-state index in [0.717, 1.165) is 0 Å². The summed E-state index contributed by atoms with van der Waals surface area (Å²) in [4.78, 5) is 23.3. The van der Waals surface area contributed by atoms with Crippen LogP contribution in [0.2, 0.25) is 0 Å². The molecule has 0 atom stereocenters. The Bertz CT molecular complexity index is 741. The minimum Gasteiger partial charge on any atom is -0.497 e. The van der Waals surface area contributed by atoms with E-state index in [2.05, 4.69) is 5.32 Å². The minimum absolute atomic E-state index is 0.0277. The summed E-state index contributed by atoms with van der Waals surface area (Å²) >= 11 is 0. The van der Waals surface area contributed by atoms with Gasteiger partial charge in [0.05, 0.1) is 7.11 Å². The zero-order chi connectivity index (χ0) is 17.7. The van der Waals surface area contributed by atoms with Crippen LogP contribution >= 0.6 is 0 Å². The van der Waals surface area contributed by atoms with Crippen molar-refractivity contribution in [1.82, 2.24) is 5.32 Å². The van der Waals surface area contributed by atoms with E-state index in [1.54, 1.807) is 30.3 Å². The van der Waals surface area contributed by atoms with Crippen molar-refractivity contribution < 1.29 is 24.5 Å². The fourth-order valence-electron chi connectivity index (χ4n) is 2.02. The van der Waals surface area contributed by atoms with E-state index in [1.807, 2.05) is 5.32 Å². The lowest BCUT2D eigenvalue weighted by Crippen LogP contribution is -2.47. The number of anilines is 1. The molecule has 0 fully saturated rings. The number of ether oxygens (including phenoxy) is 1. The molecule has 4 N–H and O–H groups in total. The van der Waals surface area contributed by atoms with Crippen molar-refractivity contribution in [1.29, 1.82) is 0 Å². The average Bonchev–Trinajstić information content (AvgIpc) is 2.55. The number of methoxy groups -OCH3 is 1. The number of amides is 2. The predicted octanol–water partition coefficient (Wildman–Crippen LogP) is 1.81. The van der Waals surface area contributed by atoms with Gasteiger partial charge < -0.3 is 20.3 Å². The largest absolute Gasteiger partial charge is 0.497 e. The van der Waals surface area contributed by atoms with Crippen LogP contribution in [0.15, 0.2) is 48.5 Å². The molecule has 2 aromatic carbocycles. The van der Waals surface area contributed by atoms with Crippen molar-refractivity contribution in [3.05, 3.63) is 59.7 Å². The number of urea groups is 1. The van der Waals surface area contributed by atoms with Crippen LogP contribution in [0.25, 0.3) is 0 Å². The molecule has 7 nitrogen and oxygen atoms in total. The molecule has 24 heavy (non-hydrogen) atoms. The quantitative estimate of drug-likeness (QED) is 0.494. The standard InChI is InChI=1S/C17H18N2O5/c1-11(20)12-4-3-5-13(10-12)17(22,23)19-16(21)18-14-6-8-15(24-2)9-7-14/h3-10,22-23H,1-2H3,(H2,18,19,21). The number of carbonyl (C=O) groups is 2. The van der Waals surface area contributed by atoms with Gasteiger partial charge in [-0.3, -0.25) is 10.1 Å². The summed E-state index contributed by atoms with van der Waals surface area (Å²) in [5, 5.41) is 24.6. The van der Waals surface area contributed by atoms with Gasteiger partial charge in [-0.1, -0.05) is 18.2 Å². The van der Waals surface area contributed by atoms with Crippen LogP contribution in [0, 0.1) is 0 Å². The summed E-state index contributed by atoms with van der Waals surface area (Å²) in [6, 6.07) is 11.4. The Kier molecular flexibility index (Phi) is 5.18. The number of ketones is 1. The molecule has 0 aliphatic carbocycles. The summed E-state index contributed by atoms with van der Waals surface area (Å²) in [6.45, 7) is 1.36. The van der Waals surface area contributed by atoms with Gasteiger partial charge in [0, 0.05) is 16.8 Å². The number of aliphatic hydroxyl groups is 2. The molecule has 0 unspecified atom stereocenters. The first kappa shape index (κ1) is 17.5. The lowest BCUT2D eigenvalue weighted by atomic mass is 10.1. The molecule has 0 spiro atoms. The van der Waals surface area contributed by atoms with Crippen molar-refractivity contribution in [2.24, 2.45) is 0 Å². The molecule has 0 aromatic heterocycles. The highest BCUT2D eigenvalue weighted by atomic mass is 16.5. The number of rotatable bonds is 5. The lowest BCUT2D eigenvalue weighted by Gasteiger charge is -2.23. The molecule has 2 amide bonds. The minimum atomic E-state index is -2.62. The number of Topliss-reactive ketones (excluding diaryl/α,β-unsaturated/α-hetero) is 1. The van der Waals surface area contributed by atoms with Gasteiger partial charge in [0.1, 0.15) is 5.75 Å². The monoisotopic (exact) mass is 330 g/mol. The van der Waals surface area contributed by atoms with Gasteiger partial charge in [0.15, 0.2) is 5.78 Å². The molecule has 2 rings (SSSR count). The lowest BCUT2D eigenvalue weighted by molar-refractivity contribution is -0.183. The maximum absolute atomic E-state index is 11.9. The Morgan fingerprint density at radius 3 is 2.33 bits per heavy atom. The van der Waals surface area contributed by atoms with Gasteiger partial charge in [0.2, 0.25) is 0 Å². The van der Waals surface area contributed by atoms with Crippen molar-refractivity contribution in [2.75, 3.05) is 12.4 Å². The van der Waals surface area contributed by atoms with Crippen LogP contribution < -0.4 is 15.4 Å². The van der Waals surface area contributed by atoms with E-state index in [1.165, 1.54) is 32.2 Å². The fourth-order valence-corrected chi connectivity index (χ4v) is 2.02. The highest BCUT2D eigenvalue weighted by molar-refractivity contribution is 5.94. The summed E-state index contributed by atoms with van der Waals surface area (Å²) in [5.74, 6) is -2.22. The third-order valence-corrected chi connectivity index (χ3v) is 3.31. The molecule has 0 radical (unpaired) electrons. The van der Waals surface area contributed by atoms with Crippen molar-refractivity contribution in [3.8, 4) is 5.75 Å². The first-order valence-electron chi connectivity index (χ1n) is 7.11. The molecular weight excluding hydrogens is 312 g/mol. The van der Waals surface area contributed by atoms with Crippen LogP contribution in [0.3, 0.4) is 0 Å². The smallest absolute Gasteiger partial charge is 0.323 e. The third kappa shape index (κ3) is 4.31.